The smallest absolute Gasteiger partial charge is 0.316 e. The molecule has 144 valence electrons. The SMILES string of the molecule is CCC(=O)Nc1ccc(C(=O)COC(=O)CSc2nc3ccccc3o2)cc1. The minimum Gasteiger partial charge on any atom is -0.457 e. The van der Waals surface area contributed by atoms with Crippen LogP contribution in [0.25, 0.3) is 11.1 Å². The summed E-state index contributed by atoms with van der Waals surface area (Å²) in [6, 6.07) is 13.7. The van der Waals surface area contributed by atoms with E-state index in [1.54, 1.807) is 37.3 Å². The third-order valence-corrected chi connectivity index (χ3v) is 4.57. The number of benzene rings is 2. The lowest BCUT2D eigenvalue weighted by Crippen LogP contribution is -2.15. The predicted molar refractivity (Wildman–Crippen MR) is 105 cm³/mol. The van der Waals surface area contributed by atoms with Crippen molar-refractivity contribution in [2.24, 2.45) is 0 Å². The van der Waals surface area contributed by atoms with E-state index >= 15 is 0 Å². The summed E-state index contributed by atoms with van der Waals surface area (Å²) in [6.07, 6.45) is 0.373. The molecule has 0 radical (unpaired) electrons. The van der Waals surface area contributed by atoms with Gasteiger partial charge in [0.15, 0.2) is 18.0 Å². The summed E-state index contributed by atoms with van der Waals surface area (Å²) < 4.78 is 10.5. The first-order valence-corrected chi connectivity index (χ1v) is 9.61. The zero-order valence-corrected chi connectivity index (χ0v) is 16.0. The normalized spacial score (nSPS) is 10.6. The third-order valence-electron chi connectivity index (χ3n) is 3.76. The molecule has 1 N–H and O–H groups in total. The number of nitrogens with zero attached hydrogens (tertiary/aromatic N) is 1. The summed E-state index contributed by atoms with van der Waals surface area (Å²) in [6.45, 7) is 1.40. The fourth-order valence-corrected chi connectivity index (χ4v) is 2.93. The summed E-state index contributed by atoms with van der Waals surface area (Å²) >= 11 is 1.11. The average Bonchev–Trinajstić information content (AvgIpc) is 3.14. The van der Waals surface area contributed by atoms with Gasteiger partial charge in [-0.15, -0.1) is 0 Å². The lowest BCUT2D eigenvalue weighted by Gasteiger charge is -2.06. The van der Waals surface area contributed by atoms with Crippen molar-refractivity contribution in [3.05, 3.63) is 54.1 Å². The van der Waals surface area contributed by atoms with Crippen molar-refractivity contribution >= 4 is 46.2 Å². The van der Waals surface area contributed by atoms with Gasteiger partial charge in [-0.2, -0.15) is 0 Å². The van der Waals surface area contributed by atoms with Gasteiger partial charge in [0.2, 0.25) is 5.91 Å². The number of carbonyl (C=O) groups excluding carboxylic acids is 3. The van der Waals surface area contributed by atoms with Crippen molar-refractivity contribution in [1.29, 1.82) is 0 Å². The van der Waals surface area contributed by atoms with Crippen molar-refractivity contribution in [3.8, 4) is 0 Å². The van der Waals surface area contributed by atoms with Crippen molar-refractivity contribution in [2.75, 3.05) is 17.7 Å². The molecule has 1 amide bonds. The largest absolute Gasteiger partial charge is 0.457 e. The Hall–Kier alpha value is -3.13. The van der Waals surface area contributed by atoms with E-state index in [4.69, 9.17) is 9.15 Å². The topological polar surface area (TPSA) is 98.5 Å². The van der Waals surface area contributed by atoms with Gasteiger partial charge >= 0.3 is 5.97 Å². The van der Waals surface area contributed by atoms with Crippen molar-refractivity contribution < 1.29 is 23.5 Å². The van der Waals surface area contributed by atoms with E-state index in [-0.39, 0.29) is 24.1 Å². The van der Waals surface area contributed by atoms with Crippen molar-refractivity contribution in [2.45, 2.75) is 18.6 Å². The minimum absolute atomic E-state index is 0.0118. The number of nitrogens with one attached hydrogen (secondary N) is 1. The zero-order chi connectivity index (χ0) is 19.9. The van der Waals surface area contributed by atoms with E-state index in [1.807, 2.05) is 18.2 Å². The van der Waals surface area contributed by atoms with Crippen LogP contribution in [0.5, 0.6) is 0 Å². The first-order valence-electron chi connectivity index (χ1n) is 8.62. The molecule has 0 atom stereocenters. The number of ketones is 1. The van der Waals surface area contributed by atoms with Gasteiger partial charge in [-0.05, 0) is 36.4 Å². The highest BCUT2D eigenvalue weighted by Crippen LogP contribution is 2.23. The number of carbonyl (C=O) groups is 3. The number of hydrogen-bond acceptors (Lipinski definition) is 7. The molecule has 3 rings (SSSR count). The molecule has 7 nitrogen and oxygen atoms in total. The molecule has 0 unspecified atom stereocenters. The third kappa shape index (κ3) is 5.20. The molecule has 1 aromatic heterocycles. The van der Waals surface area contributed by atoms with Crippen LogP contribution in [0.15, 0.2) is 58.2 Å². The number of Topliss-reactive ketones (excluding diaryl/α,β-unsaturated/α-hetero) is 1. The van der Waals surface area contributed by atoms with Crippen LogP contribution in [0, 0.1) is 0 Å². The minimum atomic E-state index is -0.535. The Balaban J connectivity index is 1.45. The second-order valence-corrected chi connectivity index (χ2v) is 6.73. The molecule has 0 aliphatic heterocycles. The van der Waals surface area contributed by atoms with Crippen LogP contribution >= 0.6 is 11.8 Å². The Morgan fingerprint density at radius 2 is 1.86 bits per heavy atom. The maximum Gasteiger partial charge on any atom is 0.316 e. The van der Waals surface area contributed by atoms with Crippen LogP contribution in [0.3, 0.4) is 0 Å². The van der Waals surface area contributed by atoms with Crippen LogP contribution in [-0.2, 0) is 14.3 Å². The molecule has 8 heteroatoms. The van der Waals surface area contributed by atoms with Crippen LogP contribution in [-0.4, -0.2) is 35.0 Å². The molecule has 0 fully saturated rings. The highest BCUT2D eigenvalue weighted by atomic mass is 32.2. The monoisotopic (exact) mass is 398 g/mol. The molecule has 0 bridgehead atoms. The Labute approximate surface area is 165 Å². The molecule has 2 aromatic carbocycles. The molecule has 1 heterocycles. The molecular weight excluding hydrogens is 380 g/mol. The fraction of sp³-hybridized carbons (Fsp3) is 0.200. The van der Waals surface area contributed by atoms with Crippen LogP contribution in [0.4, 0.5) is 5.69 Å². The second kappa shape index (κ2) is 9.18. The van der Waals surface area contributed by atoms with E-state index in [9.17, 15) is 14.4 Å². The molecule has 0 aliphatic carbocycles. The van der Waals surface area contributed by atoms with Gasteiger partial charge in [0.1, 0.15) is 11.3 Å². The Bertz CT molecular complexity index is 964. The summed E-state index contributed by atoms with van der Waals surface area (Å²) in [5.74, 6) is -0.979. The molecule has 0 saturated heterocycles. The van der Waals surface area contributed by atoms with E-state index in [2.05, 4.69) is 10.3 Å². The Kier molecular flexibility index (Phi) is 6.44. The van der Waals surface area contributed by atoms with E-state index in [1.165, 1.54) is 0 Å². The molecule has 28 heavy (non-hydrogen) atoms. The molecule has 3 aromatic rings. The van der Waals surface area contributed by atoms with E-state index in [0.717, 1.165) is 11.8 Å². The molecule has 0 saturated carbocycles. The number of hydrogen-bond donors (Lipinski definition) is 1. The average molecular weight is 398 g/mol. The fourth-order valence-electron chi connectivity index (χ4n) is 2.29. The summed E-state index contributed by atoms with van der Waals surface area (Å²) in [5, 5.41) is 3.07. The Morgan fingerprint density at radius 1 is 1.11 bits per heavy atom. The van der Waals surface area contributed by atoms with E-state index < -0.39 is 5.97 Å². The predicted octanol–water partition coefficient (Wildman–Crippen LogP) is 3.69. The summed E-state index contributed by atoms with van der Waals surface area (Å²) in [7, 11) is 0. The van der Waals surface area contributed by atoms with E-state index in [0.29, 0.717) is 34.0 Å². The standard InChI is InChI=1S/C20H18N2O5S/c1-2-18(24)21-14-9-7-13(8-10-14)16(23)11-26-19(25)12-28-20-22-15-5-3-4-6-17(15)27-20/h3-10H,2,11-12H2,1H3,(H,21,24). The number of thioether (sulfide) groups is 1. The number of para-hydroxylation sites is 2. The lowest BCUT2D eigenvalue weighted by atomic mass is 10.1. The van der Waals surface area contributed by atoms with Gasteiger partial charge in [-0.3, -0.25) is 14.4 Å². The maximum atomic E-state index is 12.1. The number of anilines is 1. The van der Waals surface area contributed by atoms with Crippen LogP contribution in [0.1, 0.15) is 23.7 Å². The number of oxazole rings is 1. The van der Waals surface area contributed by atoms with Crippen molar-refractivity contribution in [3.63, 3.8) is 0 Å². The molecule has 0 spiro atoms. The highest BCUT2D eigenvalue weighted by molar-refractivity contribution is 7.99. The Morgan fingerprint density at radius 3 is 2.57 bits per heavy atom. The van der Waals surface area contributed by atoms with Crippen molar-refractivity contribution in [1.82, 2.24) is 4.98 Å². The maximum absolute atomic E-state index is 12.1. The number of aromatic nitrogens is 1. The van der Waals surface area contributed by atoms with Gasteiger partial charge in [-0.25, -0.2) is 4.98 Å². The summed E-state index contributed by atoms with van der Waals surface area (Å²) in [5.41, 5.74) is 2.36. The lowest BCUT2D eigenvalue weighted by molar-refractivity contribution is -0.139. The number of esters is 1. The molecule has 0 aliphatic rings. The van der Waals surface area contributed by atoms with Crippen LogP contribution in [0.2, 0.25) is 0 Å². The number of fused-ring (bicyclic) bond motifs is 1. The summed E-state index contributed by atoms with van der Waals surface area (Å²) in [4.78, 5) is 39.6. The number of amides is 1. The second-order valence-electron chi connectivity index (χ2n) is 5.80. The quantitative estimate of drug-likeness (QED) is 0.351. The first kappa shape index (κ1) is 19.6. The van der Waals surface area contributed by atoms with Gasteiger partial charge in [0.25, 0.3) is 5.22 Å². The number of rotatable bonds is 8. The van der Waals surface area contributed by atoms with Gasteiger partial charge in [0, 0.05) is 17.7 Å². The van der Waals surface area contributed by atoms with Gasteiger partial charge in [-0.1, -0.05) is 30.8 Å². The van der Waals surface area contributed by atoms with Gasteiger partial charge in [0.05, 0.1) is 0 Å². The van der Waals surface area contributed by atoms with Gasteiger partial charge < -0.3 is 14.5 Å². The van der Waals surface area contributed by atoms with Crippen LogP contribution < -0.4 is 5.32 Å². The first-order chi connectivity index (χ1) is 13.5. The zero-order valence-electron chi connectivity index (χ0n) is 15.1. The number of ether oxygens (including phenoxy) is 1. The molecular formula is C20H18N2O5S. The highest BCUT2D eigenvalue weighted by Gasteiger charge is 2.13.